The number of carboxylic acids is 1. The number of carbonyl (C=O) groups is 2. The number of imidazole rings is 1. The number of aryl methyl sites for hydroxylation is 1. The zero-order valence-corrected chi connectivity index (χ0v) is 16.0. The van der Waals surface area contributed by atoms with Gasteiger partial charge in [0.15, 0.2) is 5.82 Å². The lowest BCUT2D eigenvalue weighted by Crippen LogP contribution is -2.41. The van der Waals surface area contributed by atoms with Crippen molar-refractivity contribution in [3.63, 3.8) is 0 Å². The van der Waals surface area contributed by atoms with Crippen LogP contribution in [0.3, 0.4) is 0 Å². The fourth-order valence-electron chi connectivity index (χ4n) is 2.80. The zero-order valence-electron chi connectivity index (χ0n) is 16.0. The van der Waals surface area contributed by atoms with Crippen molar-refractivity contribution in [1.29, 1.82) is 0 Å². The standard InChI is InChI=1S/C13H15F2NO3.C6H9N3O/c1-2-3-11(13(18)19)16-12(17)6-8-4-9(14)7-10(15)5-8;7-5-6-9(4-8-5)2-1-3-10-6/h4-5,7,11H,2-3,6H2,1H3,(H,16,17)(H,18,19);4H,1-3,7H2. The van der Waals surface area contributed by atoms with E-state index in [9.17, 15) is 18.4 Å². The Labute approximate surface area is 166 Å². The van der Waals surface area contributed by atoms with E-state index in [0.717, 1.165) is 37.6 Å². The van der Waals surface area contributed by atoms with E-state index in [2.05, 4.69) is 10.3 Å². The highest BCUT2D eigenvalue weighted by molar-refractivity contribution is 5.84. The normalized spacial score (nSPS) is 13.3. The van der Waals surface area contributed by atoms with Crippen LogP contribution < -0.4 is 15.8 Å². The van der Waals surface area contributed by atoms with Crippen molar-refractivity contribution in [2.75, 3.05) is 12.3 Å². The van der Waals surface area contributed by atoms with Gasteiger partial charge in [-0.25, -0.2) is 18.6 Å². The van der Waals surface area contributed by atoms with E-state index in [1.165, 1.54) is 0 Å². The highest BCUT2D eigenvalue weighted by atomic mass is 19.1. The Balaban J connectivity index is 0.000000248. The molecule has 0 saturated heterocycles. The van der Waals surface area contributed by atoms with E-state index in [1.807, 2.05) is 4.57 Å². The molecule has 1 aromatic heterocycles. The van der Waals surface area contributed by atoms with Crippen LogP contribution in [-0.2, 0) is 22.6 Å². The van der Waals surface area contributed by atoms with Crippen molar-refractivity contribution in [3.05, 3.63) is 41.7 Å². The maximum absolute atomic E-state index is 12.9. The number of nitrogens with zero attached hydrogens (tertiary/aromatic N) is 2. The summed E-state index contributed by atoms with van der Waals surface area (Å²) in [5.74, 6) is -2.02. The Morgan fingerprint density at radius 1 is 1.34 bits per heavy atom. The molecule has 1 amide bonds. The molecule has 29 heavy (non-hydrogen) atoms. The molecule has 2 aromatic rings. The van der Waals surface area contributed by atoms with Gasteiger partial charge < -0.3 is 20.9 Å². The first-order chi connectivity index (χ1) is 13.8. The number of ether oxygens (including phenoxy) is 1. The number of fused-ring (bicyclic) bond motifs is 1. The molecular formula is C19H24F2N4O4. The molecule has 0 bridgehead atoms. The van der Waals surface area contributed by atoms with Crippen LogP contribution in [0.4, 0.5) is 14.6 Å². The maximum atomic E-state index is 12.9. The van der Waals surface area contributed by atoms with Crippen molar-refractivity contribution in [2.45, 2.75) is 45.2 Å². The van der Waals surface area contributed by atoms with Gasteiger partial charge in [-0.05, 0) is 30.5 Å². The van der Waals surface area contributed by atoms with Gasteiger partial charge in [-0.1, -0.05) is 13.3 Å². The van der Waals surface area contributed by atoms with Gasteiger partial charge in [0, 0.05) is 12.6 Å². The molecule has 1 atom stereocenters. The number of carboxylic acid groups (broad SMARTS) is 1. The molecule has 1 aliphatic rings. The Morgan fingerprint density at radius 3 is 2.62 bits per heavy atom. The summed E-state index contributed by atoms with van der Waals surface area (Å²) >= 11 is 0. The molecule has 158 valence electrons. The third kappa shape index (κ3) is 6.74. The number of benzene rings is 1. The molecule has 8 nitrogen and oxygen atoms in total. The topological polar surface area (TPSA) is 119 Å². The fourth-order valence-corrected chi connectivity index (χ4v) is 2.80. The van der Waals surface area contributed by atoms with Crippen LogP contribution in [0.15, 0.2) is 24.5 Å². The summed E-state index contributed by atoms with van der Waals surface area (Å²) < 4.78 is 33.0. The van der Waals surface area contributed by atoms with Gasteiger partial charge in [0.1, 0.15) is 24.0 Å². The Bertz CT molecular complexity index is 836. The first-order valence-electron chi connectivity index (χ1n) is 9.20. The molecule has 1 aliphatic heterocycles. The van der Waals surface area contributed by atoms with E-state index in [4.69, 9.17) is 15.6 Å². The van der Waals surface area contributed by atoms with Crippen LogP contribution in [0.25, 0.3) is 0 Å². The number of anilines is 1. The van der Waals surface area contributed by atoms with Crippen molar-refractivity contribution in [3.8, 4) is 5.88 Å². The Hall–Kier alpha value is -3.17. The molecule has 2 heterocycles. The van der Waals surface area contributed by atoms with Gasteiger partial charge in [0.05, 0.1) is 13.0 Å². The number of aromatic nitrogens is 2. The Kier molecular flexibility index (Phi) is 7.93. The third-order valence-electron chi connectivity index (χ3n) is 4.10. The van der Waals surface area contributed by atoms with E-state index in [-0.39, 0.29) is 12.0 Å². The molecule has 1 aromatic carbocycles. The van der Waals surface area contributed by atoms with E-state index >= 15 is 0 Å². The second-order valence-corrected chi connectivity index (χ2v) is 6.53. The van der Waals surface area contributed by atoms with Crippen LogP contribution in [-0.4, -0.2) is 39.2 Å². The van der Waals surface area contributed by atoms with Crippen molar-refractivity contribution < 1.29 is 28.2 Å². The van der Waals surface area contributed by atoms with Crippen molar-refractivity contribution in [1.82, 2.24) is 14.9 Å². The monoisotopic (exact) mass is 410 g/mol. The lowest BCUT2D eigenvalue weighted by atomic mass is 10.1. The summed E-state index contributed by atoms with van der Waals surface area (Å²) in [5.41, 5.74) is 5.67. The van der Waals surface area contributed by atoms with Gasteiger partial charge in [0.2, 0.25) is 11.8 Å². The first-order valence-corrected chi connectivity index (χ1v) is 9.20. The second kappa shape index (κ2) is 10.4. The molecular weight excluding hydrogens is 386 g/mol. The average Bonchev–Trinajstić information content (AvgIpc) is 3.02. The van der Waals surface area contributed by atoms with Gasteiger partial charge in [-0.3, -0.25) is 9.36 Å². The average molecular weight is 410 g/mol. The minimum absolute atomic E-state index is 0.163. The Morgan fingerprint density at radius 2 is 2.03 bits per heavy atom. The smallest absolute Gasteiger partial charge is 0.326 e. The lowest BCUT2D eigenvalue weighted by Gasteiger charge is -2.14. The number of aliphatic carboxylic acids is 1. The number of rotatable bonds is 6. The quantitative estimate of drug-likeness (QED) is 0.671. The summed E-state index contributed by atoms with van der Waals surface area (Å²) in [6.45, 7) is 3.53. The minimum atomic E-state index is -1.12. The number of nitrogens with one attached hydrogen (secondary N) is 1. The second-order valence-electron chi connectivity index (χ2n) is 6.53. The highest BCUT2D eigenvalue weighted by Gasteiger charge is 2.19. The number of carbonyl (C=O) groups excluding carboxylic acids is 1. The van der Waals surface area contributed by atoms with Gasteiger partial charge in [-0.15, -0.1) is 0 Å². The van der Waals surface area contributed by atoms with E-state index in [1.54, 1.807) is 13.3 Å². The molecule has 0 saturated carbocycles. The van der Waals surface area contributed by atoms with Crippen LogP contribution in [0.5, 0.6) is 5.88 Å². The summed E-state index contributed by atoms with van der Waals surface area (Å²) in [6, 6.07) is 1.81. The number of nitrogen functional groups attached to an aromatic ring is 1. The van der Waals surface area contributed by atoms with Crippen molar-refractivity contribution >= 4 is 17.7 Å². The molecule has 0 radical (unpaired) electrons. The van der Waals surface area contributed by atoms with Gasteiger partial charge >= 0.3 is 5.97 Å². The maximum Gasteiger partial charge on any atom is 0.326 e. The predicted molar refractivity (Wildman–Crippen MR) is 101 cm³/mol. The van der Waals surface area contributed by atoms with Crippen LogP contribution >= 0.6 is 0 Å². The van der Waals surface area contributed by atoms with E-state index in [0.29, 0.717) is 24.7 Å². The van der Waals surface area contributed by atoms with Crippen LogP contribution in [0, 0.1) is 11.6 Å². The molecule has 0 fully saturated rings. The fraction of sp³-hybridized carbons (Fsp3) is 0.421. The molecule has 3 rings (SSSR count). The van der Waals surface area contributed by atoms with E-state index < -0.39 is 29.6 Å². The van der Waals surface area contributed by atoms with Crippen LogP contribution in [0.2, 0.25) is 0 Å². The number of hydrogen-bond acceptors (Lipinski definition) is 5. The highest BCUT2D eigenvalue weighted by Crippen LogP contribution is 2.22. The summed E-state index contributed by atoms with van der Waals surface area (Å²) in [7, 11) is 0. The summed E-state index contributed by atoms with van der Waals surface area (Å²) in [5, 5.41) is 11.2. The first kappa shape index (κ1) is 22.1. The number of hydrogen-bond donors (Lipinski definition) is 3. The predicted octanol–water partition coefficient (Wildman–Crippen LogP) is 2.12. The number of halogens is 2. The lowest BCUT2D eigenvalue weighted by molar-refractivity contribution is -0.141. The van der Waals surface area contributed by atoms with Crippen molar-refractivity contribution in [2.24, 2.45) is 0 Å². The largest absolute Gasteiger partial charge is 0.480 e. The zero-order chi connectivity index (χ0) is 21.4. The molecule has 1 unspecified atom stereocenters. The molecule has 10 heteroatoms. The van der Waals surface area contributed by atoms with Crippen LogP contribution in [0.1, 0.15) is 31.7 Å². The third-order valence-corrected chi connectivity index (χ3v) is 4.10. The minimum Gasteiger partial charge on any atom is -0.480 e. The van der Waals surface area contributed by atoms with Gasteiger partial charge in [-0.2, -0.15) is 0 Å². The summed E-state index contributed by atoms with van der Waals surface area (Å²) in [6.07, 6.45) is 3.40. The number of nitrogens with two attached hydrogens (primary N) is 1. The van der Waals surface area contributed by atoms with Gasteiger partial charge in [0.25, 0.3) is 0 Å². The number of amides is 1. The molecule has 4 N–H and O–H groups in total. The SMILES string of the molecule is CCCC(NC(=O)Cc1cc(F)cc(F)c1)C(=O)O.Nc1ncn2c1OCCC2. The summed E-state index contributed by atoms with van der Waals surface area (Å²) in [4.78, 5) is 26.4. The molecule has 0 spiro atoms. The molecule has 0 aliphatic carbocycles.